The molecule has 120 valence electrons. The number of hydrogen-bond donors (Lipinski definition) is 1. The maximum Gasteiger partial charge on any atom is 0.360 e. The van der Waals surface area contributed by atoms with E-state index in [4.69, 9.17) is 10.5 Å². The number of likely N-dealkylation sites (N-methyl/N-ethyl adjacent to an activating group) is 1. The fourth-order valence-electron chi connectivity index (χ4n) is 2.52. The zero-order valence-electron chi connectivity index (χ0n) is 13.8. The average molecular weight is 296 g/mol. The van der Waals surface area contributed by atoms with Crippen LogP contribution in [0.25, 0.3) is 0 Å². The highest BCUT2D eigenvalue weighted by Crippen LogP contribution is 2.22. The lowest BCUT2D eigenvalue weighted by molar-refractivity contribution is 0.0521. The van der Waals surface area contributed by atoms with Crippen molar-refractivity contribution in [1.29, 1.82) is 0 Å². The fourth-order valence-corrected chi connectivity index (χ4v) is 2.52. The van der Waals surface area contributed by atoms with Gasteiger partial charge in [0, 0.05) is 19.0 Å². The monoisotopic (exact) mass is 296 g/mol. The number of esters is 1. The Morgan fingerprint density at radius 1 is 1.33 bits per heavy atom. The maximum absolute atomic E-state index is 11.9. The van der Waals surface area contributed by atoms with Crippen LogP contribution in [0.2, 0.25) is 0 Å². The first kappa shape index (κ1) is 17.5. The number of nitrogens with two attached hydrogens (primary N) is 1. The van der Waals surface area contributed by atoms with Crippen molar-refractivity contribution in [2.24, 2.45) is 0 Å². The number of anilines is 1. The molecule has 0 bridgehead atoms. The minimum atomic E-state index is -0.446. The summed E-state index contributed by atoms with van der Waals surface area (Å²) < 4.78 is 6.98. The summed E-state index contributed by atoms with van der Waals surface area (Å²) in [6.07, 6.45) is 0.728. The molecule has 1 heterocycles. The summed E-state index contributed by atoms with van der Waals surface area (Å²) in [5.74, 6) is 0.790. The minimum absolute atomic E-state index is 0.163. The molecule has 1 atom stereocenters. The van der Waals surface area contributed by atoms with Crippen LogP contribution < -0.4 is 5.73 Å². The molecule has 0 saturated heterocycles. The first-order chi connectivity index (χ1) is 9.99. The largest absolute Gasteiger partial charge is 0.461 e. The molecular formula is C15H28N4O2. The summed E-state index contributed by atoms with van der Waals surface area (Å²) in [4.78, 5) is 18.6. The Labute approximate surface area is 127 Å². The van der Waals surface area contributed by atoms with E-state index in [-0.39, 0.29) is 11.7 Å². The van der Waals surface area contributed by atoms with Crippen LogP contribution in [0.1, 0.15) is 57.0 Å². The molecule has 0 aliphatic heterocycles. The first-order valence-electron chi connectivity index (χ1n) is 7.75. The van der Waals surface area contributed by atoms with Crippen molar-refractivity contribution in [2.45, 2.75) is 47.1 Å². The third-order valence-corrected chi connectivity index (χ3v) is 3.66. The van der Waals surface area contributed by atoms with E-state index in [1.807, 2.05) is 11.5 Å². The third kappa shape index (κ3) is 3.97. The second-order valence-corrected chi connectivity index (χ2v) is 5.04. The van der Waals surface area contributed by atoms with E-state index >= 15 is 0 Å². The molecule has 0 saturated carbocycles. The normalized spacial score (nSPS) is 12.7. The average Bonchev–Trinajstić information content (AvgIpc) is 2.81. The number of hydrogen-bond acceptors (Lipinski definition) is 5. The van der Waals surface area contributed by atoms with Crippen molar-refractivity contribution in [3.05, 3.63) is 11.5 Å². The van der Waals surface area contributed by atoms with E-state index < -0.39 is 5.97 Å². The summed E-state index contributed by atoms with van der Waals surface area (Å²) in [6, 6.07) is 0.163. The molecule has 0 aliphatic rings. The number of ether oxygens (including phenoxy) is 1. The van der Waals surface area contributed by atoms with Gasteiger partial charge < -0.3 is 19.9 Å². The van der Waals surface area contributed by atoms with Crippen LogP contribution in [-0.4, -0.2) is 46.7 Å². The fraction of sp³-hybridized carbons (Fsp3) is 0.733. The number of carbonyl (C=O) groups excluding carboxylic acids is 1. The van der Waals surface area contributed by atoms with E-state index in [1.165, 1.54) is 0 Å². The van der Waals surface area contributed by atoms with Gasteiger partial charge in [0.15, 0.2) is 5.69 Å². The van der Waals surface area contributed by atoms with Crippen LogP contribution in [0.4, 0.5) is 5.82 Å². The van der Waals surface area contributed by atoms with Gasteiger partial charge in [-0.2, -0.15) is 0 Å². The van der Waals surface area contributed by atoms with E-state index in [0.29, 0.717) is 12.4 Å². The highest BCUT2D eigenvalue weighted by Gasteiger charge is 2.24. The number of rotatable bonds is 8. The minimum Gasteiger partial charge on any atom is -0.461 e. The molecule has 1 aromatic rings. The van der Waals surface area contributed by atoms with Crippen molar-refractivity contribution in [2.75, 3.05) is 32.0 Å². The topological polar surface area (TPSA) is 73.4 Å². The number of nitrogen functional groups attached to an aromatic ring is 1. The molecule has 1 aromatic heterocycles. The lowest BCUT2D eigenvalue weighted by Gasteiger charge is -2.25. The van der Waals surface area contributed by atoms with Gasteiger partial charge in [-0.15, -0.1) is 0 Å². The van der Waals surface area contributed by atoms with Crippen LogP contribution >= 0.6 is 0 Å². The molecule has 6 heteroatoms. The third-order valence-electron chi connectivity index (χ3n) is 3.66. The predicted octanol–water partition coefficient (Wildman–Crippen LogP) is 2.11. The molecular weight excluding hydrogens is 268 g/mol. The van der Waals surface area contributed by atoms with E-state index in [2.05, 4.69) is 30.7 Å². The number of imidazole rings is 1. The Morgan fingerprint density at radius 2 is 1.95 bits per heavy atom. The highest BCUT2D eigenvalue weighted by molar-refractivity contribution is 5.92. The van der Waals surface area contributed by atoms with Crippen molar-refractivity contribution >= 4 is 11.8 Å². The summed E-state index contributed by atoms with van der Waals surface area (Å²) in [7, 11) is 0. The molecule has 0 radical (unpaired) electrons. The van der Waals surface area contributed by atoms with Gasteiger partial charge in [-0.25, -0.2) is 9.78 Å². The van der Waals surface area contributed by atoms with Gasteiger partial charge in [0.25, 0.3) is 0 Å². The Bertz CT molecular complexity index is 466. The summed E-state index contributed by atoms with van der Waals surface area (Å²) in [5, 5.41) is 0. The molecule has 0 aromatic carbocycles. The lowest BCUT2D eigenvalue weighted by Crippen LogP contribution is -2.30. The molecule has 1 unspecified atom stereocenters. The van der Waals surface area contributed by atoms with E-state index in [0.717, 1.165) is 31.9 Å². The number of aromatic nitrogens is 2. The lowest BCUT2D eigenvalue weighted by atomic mass is 10.2. The Kier molecular flexibility index (Phi) is 6.68. The van der Waals surface area contributed by atoms with Crippen LogP contribution in [0.3, 0.4) is 0 Å². The number of aryl methyl sites for hydroxylation is 1. The second-order valence-electron chi connectivity index (χ2n) is 5.04. The van der Waals surface area contributed by atoms with Crippen molar-refractivity contribution in [3.63, 3.8) is 0 Å². The van der Waals surface area contributed by atoms with Crippen LogP contribution in [0.15, 0.2) is 0 Å². The summed E-state index contributed by atoms with van der Waals surface area (Å²) >= 11 is 0. The van der Waals surface area contributed by atoms with Crippen LogP contribution in [-0.2, 0) is 11.2 Å². The van der Waals surface area contributed by atoms with Crippen LogP contribution in [0.5, 0.6) is 0 Å². The first-order valence-corrected chi connectivity index (χ1v) is 7.75. The predicted molar refractivity (Wildman–Crippen MR) is 84.5 cm³/mol. The highest BCUT2D eigenvalue weighted by atomic mass is 16.5. The van der Waals surface area contributed by atoms with Gasteiger partial charge >= 0.3 is 5.97 Å². The van der Waals surface area contributed by atoms with Gasteiger partial charge in [-0.1, -0.05) is 20.8 Å². The Morgan fingerprint density at radius 3 is 2.43 bits per heavy atom. The number of nitrogens with zero attached hydrogens (tertiary/aromatic N) is 3. The molecule has 21 heavy (non-hydrogen) atoms. The van der Waals surface area contributed by atoms with Crippen molar-refractivity contribution < 1.29 is 9.53 Å². The zero-order chi connectivity index (χ0) is 16.0. The standard InChI is InChI=1S/C15H28N4O2/c1-6-12-17-13(15(20)21-9-4)14(16)19(12)11(5)10-18(7-2)8-3/h11H,6-10,16H2,1-5H3. The molecule has 0 aliphatic carbocycles. The molecule has 0 spiro atoms. The zero-order valence-corrected chi connectivity index (χ0v) is 13.8. The molecule has 6 nitrogen and oxygen atoms in total. The van der Waals surface area contributed by atoms with Crippen LogP contribution in [0, 0.1) is 0 Å². The van der Waals surface area contributed by atoms with Gasteiger partial charge in [-0.05, 0) is 26.9 Å². The number of carbonyl (C=O) groups is 1. The summed E-state index contributed by atoms with van der Waals surface area (Å²) in [6.45, 7) is 13.3. The van der Waals surface area contributed by atoms with Gasteiger partial charge in [0.2, 0.25) is 0 Å². The SMILES string of the molecule is CCOC(=O)c1nc(CC)n(C(C)CN(CC)CC)c1N. The molecule has 0 fully saturated rings. The smallest absolute Gasteiger partial charge is 0.360 e. The van der Waals surface area contributed by atoms with Gasteiger partial charge in [0.1, 0.15) is 11.6 Å². The van der Waals surface area contributed by atoms with Crippen molar-refractivity contribution in [3.8, 4) is 0 Å². The molecule has 1 rings (SSSR count). The maximum atomic E-state index is 11.9. The Hall–Kier alpha value is -1.56. The molecule has 2 N–H and O–H groups in total. The van der Waals surface area contributed by atoms with Crippen molar-refractivity contribution in [1.82, 2.24) is 14.5 Å². The van der Waals surface area contributed by atoms with E-state index in [1.54, 1.807) is 6.92 Å². The van der Waals surface area contributed by atoms with E-state index in [9.17, 15) is 4.79 Å². The quantitative estimate of drug-likeness (QED) is 0.744. The molecule has 0 amide bonds. The summed E-state index contributed by atoms with van der Waals surface area (Å²) in [5.41, 5.74) is 6.39. The Balaban J connectivity index is 3.07. The second kappa shape index (κ2) is 8.02. The van der Waals surface area contributed by atoms with Gasteiger partial charge in [-0.3, -0.25) is 0 Å². The van der Waals surface area contributed by atoms with Gasteiger partial charge in [0.05, 0.1) is 6.61 Å².